The van der Waals surface area contributed by atoms with E-state index in [0.717, 1.165) is 35.1 Å². The Bertz CT molecular complexity index is 1450. The van der Waals surface area contributed by atoms with Crippen LogP contribution in [0.25, 0.3) is 0 Å². The fourth-order valence-electron chi connectivity index (χ4n) is 7.52. The summed E-state index contributed by atoms with van der Waals surface area (Å²) in [5.74, 6) is -2.01. The number of anilines is 1. The molecule has 1 aliphatic heterocycles. The average Bonchev–Trinajstić information content (AvgIpc) is 3.30. The molecule has 2 atom stereocenters. The van der Waals surface area contributed by atoms with Crippen molar-refractivity contribution in [2.24, 2.45) is 11.8 Å². The lowest BCUT2D eigenvalue weighted by Gasteiger charge is -2.51. The summed E-state index contributed by atoms with van der Waals surface area (Å²) >= 11 is 4.03. The SMILES string of the molecule is CCCCCCCCCCCCOC(=O)c1ccc(N2C(=O)[C@@H]3C4c5ccccc5C(Br)(c5ccccc54)[C@H]3C2=O)cc1. The van der Waals surface area contributed by atoms with Gasteiger partial charge in [-0.3, -0.25) is 9.59 Å². The topological polar surface area (TPSA) is 63.7 Å². The van der Waals surface area contributed by atoms with E-state index in [-0.39, 0.29) is 23.7 Å². The second kappa shape index (κ2) is 12.8. The van der Waals surface area contributed by atoms with Crippen molar-refractivity contribution in [1.29, 1.82) is 0 Å². The molecule has 2 amide bonds. The number of alkyl halides is 1. The molecule has 2 bridgehead atoms. The van der Waals surface area contributed by atoms with E-state index in [0.29, 0.717) is 17.9 Å². The molecule has 1 fully saturated rings. The third-order valence-corrected chi connectivity index (χ3v) is 11.0. The lowest BCUT2D eigenvalue weighted by Crippen LogP contribution is -2.50. The van der Waals surface area contributed by atoms with Crippen molar-refractivity contribution in [3.8, 4) is 0 Å². The average molecular weight is 643 g/mol. The van der Waals surface area contributed by atoms with Gasteiger partial charge in [0.2, 0.25) is 11.8 Å². The highest BCUT2D eigenvalue weighted by atomic mass is 79.9. The molecule has 1 heterocycles. The van der Waals surface area contributed by atoms with Crippen LogP contribution in [0.1, 0.15) is 110 Å². The first-order valence-electron chi connectivity index (χ1n) is 16.0. The summed E-state index contributed by atoms with van der Waals surface area (Å²) in [6.45, 7) is 2.64. The standard InChI is InChI=1S/C37H40BrNO4/c1-2-3-4-5-6-7-8-9-10-15-24-43-36(42)25-20-22-26(23-21-25)39-34(40)32-31-27-16-11-13-18-29(27)37(38,33(32)35(39)41)30-19-14-12-17-28(30)31/h11-14,16-23,31-33H,2-10,15,24H2,1H3/t31?,32-,33-,37?/m1/s1. The molecule has 0 unspecified atom stereocenters. The van der Waals surface area contributed by atoms with Crippen LogP contribution in [-0.2, 0) is 18.7 Å². The van der Waals surface area contributed by atoms with Crippen molar-refractivity contribution in [2.45, 2.75) is 81.4 Å². The maximum Gasteiger partial charge on any atom is 0.338 e. The van der Waals surface area contributed by atoms with Gasteiger partial charge in [-0.05, 0) is 52.9 Å². The van der Waals surface area contributed by atoms with E-state index in [1.165, 1.54) is 56.3 Å². The van der Waals surface area contributed by atoms with E-state index in [1.54, 1.807) is 24.3 Å². The van der Waals surface area contributed by atoms with Crippen molar-refractivity contribution in [1.82, 2.24) is 0 Å². The van der Waals surface area contributed by atoms with Crippen LogP contribution in [0, 0.1) is 11.8 Å². The number of nitrogens with zero attached hydrogens (tertiary/aromatic N) is 1. The zero-order chi connectivity index (χ0) is 30.0. The number of halogens is 1. The molecule has 0 saturated carbocycles. The van der Waals surface area contributed by atoms with Gasteiger partial charge in [-0.25, -0.2) is 9.69 Å². The first-order chi connectivity index (χ1) is 21.0. The second-order valence-corrected chi connectivity index (χ2v) is 13.5. The number of esters is 1. The molecular weight excluding hydrogens is 602 g/mol. The Morgan fingerprint density at radius 2 is 1.28 bits per heavy atom. The largest absolute Gasteiger partial charge is 0.462 e. The molecule has 1 saturated heterocycles. The fraction of sp³-hybridized carbons (Fsp3) is 0.432. The van der Waals surface area contributed by atoms with Crippen LogP contribution in [-0.4, -0.2) is 24.4 Å². The number of carbonyl (C=O) groups excluding carboxylic acids is 3. The van der Waals surface area contributed by atoms with Gasteiger partial charge in [-0.1, -0.05) is 129 Å². The molecule has 224 valence electrons. The number of hydrogen-bond donors (Lipinski definition) is 0. The first kappa shape index (κ1) is 29.8. The molecule has 5 nitrogen and oxygen atoms in total. The summed E-state index contributed by atoms with van der Waals surface area (Å²) in [6, 6.07) is 23.0. The van der Waals surface area contributed by atoms with E-state index >= 15 is 0 Å². The predicted octanol–water partition coefficient (Wildman–Crippen LogP) is 8.67. The zero-order valence-electron chi connectivity index (χ0n) is 24.9. The molecule has 0 aromatic heterocycles. The van der Waals surface area contributed by atoms with Crippen LogP contribution in [0.2, 0.25) is 0 Å². The van der Waals surface area contributed by atoms with E-state index < -0.39 is 16.2 Å². The monoisotopic (exact) mass is 641 g/mol. The number of hydrogen-bond acceptors (Lipinski definition) is 4. The highest BCUT2D eigenvalue weighted by Gasteiger charge is 2.67. The Hall–Kier alpha value is -3.25. The van der Waals surface area contributed by atoms with Gasteiger partial charge >= 0.3 is 5.97 Å². The van der Waals surface area contributed by atoms with Gasteiger partial charge in [0.15, 0.2) is 0 Å². The Morgan fingerprint density at radius 3 is 1.86 bits per heavy atom. The third kappa shape index (κ3) is 5.26. The minimum Gasteiger partial charge on any atom is -0.462 e. The highest BCUT2D eigenvalue weighted by molar-refractivity contribution is 9.09. The normalized spacial score (nSPS) is 23.2. The van der Waals surface area contributed by atoms with E-state index in [9.17, 15) is 14.4 Å². The summed E-state index contributed by atoms with van der Waals surface area (Å²) in [6.07, 6.45) is 12.3. The number of ether oxygens (including phenoxy) is 1. The van der Waals surface area contributed by atoms with E-state index in [2.05, 4.69) is 47.1 Å². The number of rotatable bonds is 13. The molecule has 0 N–H and O–H groups in total. The summed E-state index contributed by atoms with van der Waals surface area (Å²) in [4.78, 5) is 42.1. The lowest BCUT2D eigenvalue weighted by atomic mass is 9.55. The number of benzene rings is 3. The van der Waals surface area contributed by atoms with Crippen LogP contribution >= 0.6 is 15.9 Å². The first-order valence-corrected chi connectivity index (χ1v) is 16.8. The van der Waals surface area contributed by atoms with Gasteiger partial charge in [0, 0.05) is 5.92 Å². The summed E-state index contributed by atoms with van der Waals surface area (Å²) in [5, 5.41) is 0. The summed E-state index contributed by atoms with van der Waals surface area (Å²) in [5.41, 5.74) is 5.22. The van der Waals surface area contributed by atoms with Crippen LogP contribution in [0.15, 0.2) is 72.8 Å². The molecule has 3 aromatic rings. The molecule has 0 spiro atoms. The summed E-state index contributed by atoms with van der Waals surface area (Å²) in [7, 11) is 0. The van der Waals surface area contributed by atoms with Crippen molar-refractivity contribution in [2.75, 3.05) is 11.5 Å². The molecular formula is C37H40BrNO4. The van der Waals surface area contributed by atoms with Gasteiger partial charge in [0.1, 0.15) is 0 Å². The Kier molecular flexibility index (Phi) is 8.85. The Balaban J connectivity index is 1.09. The van der Waals surface area contributed by atoms with Gasteiger partial charge in [-0.15, -0.1) is 0 Å². The van der Waals surface area contributed by atoms with Crippen LogP contribution in [0.3, 0.4) is 0 Å². The second-order valence-electron chi connectivity index (χ2n) is 12.2. The van der Waals surface area contributed by atoms with Crippen molar-refractivity contribution >= 4 is 39.4 Å². The third-order valence-electron chi connectivity index (χ3n) is 9.61. The molecule has 3 aliphatic carbocycles. The Labute approximate surface area is 263 Å². The summed E-state index contributed by atoms with van der Waals surface area (Å²) < 4.78 is 4.74. The smallest absolute Gasteiger partial charge is 0.338 e. The maximum atomic E-state index is 14.1. The van der Waals surface area contributed by atoms with Crippen molar-refractivity contribution in [3.05, 3.63) is 101 Å². The minimum atomic E-state index is -0.778. The lowest BCUT2D eigenvalue weighted by molar-refractivity contribution is -0.122. The van der Waals surface area contributed by atoms with E-state index in [4.69, 9.17) is 4.74 Å². The van der Waals surface area contributed by atoms with Crippen LogP contribution in [0.5, 0.6) is 0 Å². The van der Waals surface area contributed by atoms with Crippen molar-refractivity contribution < 1.29 is 19.1 Å². The maximum absolute atomic E-state index is 14.1. The number of carbonyl (C=O) groups is 3. The van der Waals surface area contributed by atoms with Gasteiger partial charge < -0.3 is 4.74 Å². The molecule has 7 rings (SSSR count). The Morgan fingerprint density at radius 1 is 0.744 bits per heavy atom. The quantitative estimate of drug-likeness (QED) is 0.0810. The zero-order valence-corrected chi connectivity index (χ0v) is 26.5. The molecule has 0 radical (unpaired) electrons. The van der Waals surface area contributed by atoms with Crippen LogP contribution < -0.4 is 4.90 Å². The van der Waals surface area contributed by atoms with Gasteiger partial charge in [0.05, 0.1) is 34.0 Å². The number of imide groups is 1. The minimum absolute atomic E-state index is 0.182. The predicted molar refractivity (Wildman–Crippen MR) is 172 cm³/mol. The molecule has 6 heteroatoms. The fourth-order valence-corrected chi connectivity index (χ4v) is 8.72. The molecule has 4 aliphatic rings. The van der Waals surface area contributed by atoms with E-state index in [1.807, 2.05) is 24.3 Å². The number of amides is 2. The highest BCUT2D eigenvalue weighted by Crippen LogP contribution is 2.66. The van der Waals surface area contributed by atoms with Crippen molar-refractivity contribution in [3.63, 3.8) is 0 Å². The van der Waals surface area contributed by atoms with Gasteiger partial charge in [0.25, 0.3) is 0 Å². The van der Waals surface area contributed by atoms with Crippen LogP contribution in [0.4, 0.5) is 5.69 Å². The molecule has 3 aromatic carbocycles. The van der Waals surface area contributed by atoms with Gasteiger partial charge in [-0.2, -0.15) is 0 Å². The molecule has 43 heavy (non-hydrogen) atoms. The number of unbranched alkanes of at least 4 members (excludes halogenated alkanes) is 9.